The average molecular weight is 338 g/mol. The molecule has 24 heavy (non-hydrogen) atoms. The highest BCUT2D eigenvalue weighted by molar-refractivity contribution is 6.30. The number of carbonyl (C=O) groups excluding carboxylic acids is 1. The molecule has 0 radical (unpaired) electrons. The summed E-state index contributed by atoms with van der Waals surface area (Å²) in [7, 11) is 0. The lowest BCUT2D eigenvalue weighted by Gasteiger charge is -2.08. The molecule has 0 unspecified atom stereocenters. The second-order valence-electron chi connectivity index (χ2n) is 5.23. The number of pyridine rings is 1. The van der Waals surface area contributed by atoms with Gasteiger partial charge in [0.1, 0.15) is 5.82 Å². The van der Waals surface area contributed by atoms with E-state index in [2.05, 4.69) is 15.6 Å². The number of hydrogen-bond acceptors (Lipinski definition) is 3. The Morgan fingerprint density at radius 2 is 1.71 bits per heavy atom. The Morgan fingerprint density at radius 3 is 2.38 bits per heavy atom. The number of anilines is 2. The first-order valence-electron chi connectivity index (χ1n) is 7.51. The molecule has 3 rings (SSSR count). The standard InChI is InChI=1S/C19H16ClN3O/c20-16-8-6-14(7-9-16)12-21-17-10-11-18(22-13-17)23-19(24)15-4-2-1-3-5-15/h1-11,13,21H,12H2,(H,22,23,24). The molecule has 5 heteroatoms. The van der Waals surface area contributed by atoms with Gasteiger partial charge in [-0.25, -0.2) is 4.98 Å². The summed E-state index contributed by atoms with van der Waals surface area (Å²) in [6, 6.07) is 20.4. The SMILES string of the molecule is O=C(Nc1ccc(NCc2ccc(Cl)cc2)cn1)c1ccccc1. The van der Waals surface area contributed by atoms with Gasteiger partial charge in [0.15, 0.2) is 0 Å². The van der Waals surface area contributed by atoms with Crippen molar-refractivity contribution in [3.63, 3.8) is 0 Å². The molecule has 0 aliphatic rings. The summed E-state index contributed by atoms with van der Waals surface area (Å²) in [4.78, 5) is 16.3. The van der Waals surface area contributed by atoms with E-state index < -0.39 is 0 Å². The molecule has 3 aromatic rings. The van der Waals surface area contributed by atoms with Crippen molar-refractivity contribution < 1.29 is 4.79 Å². The van der Waals surface area contributed by atoms with Crippen LogP contribution in [0.5, 0.6) is 0 Å². The molecule has 0 saturated carbocycles. The minimum absolute atomic E-state index is 0.176. The first-order valence-corrected chi connectivity index (χ1v) is 7.89. The predicted molar refractivity (Wildman–Crippen MR) is 97.4 cm³/mol. The molecular formula is C19H16ClN3O. The second-order valence-corrected chi connectivity index (χ2v) is 5.67. The van der Waals surface area contributed by atoms with Gasteiger partial charge in [-0.05, 0) is 42.0 Å². The monoisotopic (exact) mass is 337 g/mol. The number of amides is 1. The molecular weight excluding hydrogens is 322 g/mol. The van der Waals surface area contributed by atoms with Gasteiger partial charge < -0.3 is 10.6 Å². The molecule has 0 aliphatic carbocycles. The summed E-state index contributed by atoms with van der Waals surface area (Å²) in [5.74, 6) is 0.339. The molecule has 4 nitrogen and oxygen atoms in total. The fourth-order valence-corrected chi connectivity index (χ4v) is 2.28. The lowest BCUT2D eigenvalue weighted by molar-refractivity contribution is 0.102. The lowest BCUT2D eigenvalue weighted by Crippen LogP contribution is -2.12. The fourth-order valence-electron chi connectivity index (χ4n) is 2.16. The van der Waals surface area contributed by atoms with Crippen molar-refractivity contribution in [2.75, 3.05) is 10.6 Å². The van der Waals surface area contributed by atoms with Crippen molar-refractivity contribution in [2.24, 2.45) is 0 Å². The minimum Gasteiger partial charge on any atom is -0.380 e. The van der Waals surface area contributed by atoms with E-state index in [1.165, 1.54) is 0 Å². The molecule has 0 spiro atoms. The number of hydrogen-bond donors (Lipinski definition) is 2. The van der Waals surface area contributed by atoms with Gasteiger partial charge in [0.25, 0.3) is 5.91 Å². The van der Waals surface area contributed by atoms with Gasteiger partial charge in [0.2, 0.25) is 0 Å². The van der Waals surface area contributed by atoms with Gasteiger partial charge in [-0.15, -0.1) is 0 Å². The summed E-state index contributed by atoms with van der Waals surface area (Å²) in [5.41, 5.74) is 2.60. The van der Waals surface area contributed by atoms with Crippen LogP contribution in [-0.2, 0) is 6.54 Å². The predicted octanol–water partition coefficient (Wildman–Crippen LogP) is 4.60. The number of aromatic nitrogens is 1. The van der Waals surface area contributed by atoms with Crippen LogP contribution in [0, 0.1) is 0 Å². The van der Waals surface area contributed by atoms with Crippen molar-refractivity contribution >= 4 is 29.0 Å². The third kappa shape index (κ3) is 4.33. The van der Waals surface area contributed by atoms with E-state index in [1.807, 2.05) is 48.5 Å². The number of carbonyl (C=O) groups is 1. The first kappa shape index (κ1) is 16.0. The van der Waals surface area contributed by atoms with Gasteiger partial charge in [0.05, 0.1) is 11.9 Å². The van der Waals surface area contributed by atoms with Crippen LogP contribution < -0.4 is 10.6 Å². The Bertz CT molecular complexity index is 802. The molecule has 0 saturated heterocycles. The van der Waals surface area contributed by atoms with Crippen LogP contribution in [0.2, 0.25) is 5.02 Å². The summed E-state index contributed by atoms with van der Waals surface area (Å²) < 4.78 is 0. The maximum Gasteiger partial charge on any atom is 0.256 e. The zero-order chi connectivity index (χ0) is 16.8. The first-order chi connectivity index (χ1) is 11.7. The van der Waals surface area contributed by atoms with Crippen LogP contribution >= 0.6 is 11.6 Å². The molecule has 2 N–H and O–H groups in total. The van der Waals surface area contributed by atoms with E-state index in [0.717, 1.165) is 16.3 Å². The Kier molecular flexibility index (Phi) is 5.08. The number of halogens is 1. The minimum atomic E-state index is -0.176. The van der Waals surface area contributed by atoms with E-state index in [4.69, 9.17) is 11.6 Å². The number of rotatable bonds is 5. The summed E-state index contributed by atoms with van der Waals surface area (Å²) in [5, 5.41) is 6.77. The Balaban J connectivity index is 1.57. The van der Waals surface area contributed by atoms with Gasteiger partial charge in [-0.3, -0.25) is 4.79 Å². The molecule has 0 fully saturated rings. The van der Waals surface area contributed by atoms with E-state index in [0.29, 0.717) is 17.9 Å². The topological polar surface area (TPSA) is 54.0 Å². The smallest absolute Gasteiger partial charge is 0.256 e. The van der Waals surface area contributed by atoms with Crippen LogP contribution in [0.25, 0.3) is 0 Å². The highest BCUT2D eigenvalue weighted by Gasteiger charge is 2.05. The molecule has 1 aromatic heterocycles. The maximum absolute atomic E-state index is 12.1. The lowest BCUT2D eigenvalue weighted by atomic mass is 10.2. The molecule has 2 aromatic carbocycles. The molecule has 0 atom stereocenters. The Hall–Kier alpha value is -2.85. The summed E-state index contributed by atoms with van der Waals surface area (Å²) >= 11 is 5.87. The summed E-state index contributed by atoms with van der Waals surface area (Å²) in [6.45, 7) is 0.675. The highest BCUT2D eigenvalue weighted by atomic mass is 35.5. The van der Waals surface area contributed by atoms with Crippen molar-refractivity contribution in [3.8, 4) is 0 Å². The van der Waals surface area contributed by atoms with Crippen LogP contribution in [0.3, 0.4) is 0 Å². The average Bonchev–Trinajstić information content (AvgIpc) is 2.63. The van der Waals surface area contributed by atoms with Gasteiger partial charge in [0, 0.05) is 17.1 Å². The molecule has 0 aliphatic heterocycles. The fraction of sp³-hybridized carbons (Fsp3) is 0.0526. The van der Waals surface area contributed by atoms with Crippen molar-refractivity contribution in [3.05, 3.63) is 89.1 Å². The molecule has 120 valence electrons. The van der Waals surface area contributed by atoms with Crippen LogP contribution in [0.1, 0.15) is 15.9 Å². The van der Waals surface area contributed by atoms with E-state index in [-0.39, 0.29) is 5.91 Å². The highest BCUT2D eigenvalue weighted by Crippen LogP contribution is 2.14. The van der Waals surface area contributed by atoms with E-state index in [9.17, 15) is 4.79 Å². The largest absolute Gasteiger partial charge is 0.380 e. The normalized spacial score (nSPS) is 10.2. The van der Waals surface area contributed by atoms with Gasteiger partial charge in [-0.2, -0.15) is 0 Å². The molecule has 0 bridgehead atoms. The van der Waals surface area contributed by atoms with E-state index in [1.54, 1.807) is 24.4 Å². The second kappa shape index (κ2) is 7.62. The quantitative estimate of drug-likeness (QED) is 0.715. The van der Waals surface area contributed by atoms with Crippen LogP contribution in [-0.4, -0.2) is 10.9 Å². The van der Waals surface area contributed by atoms with E-state index >= 15 is 0 Å². The number of benzene rings is 2. The third-order valence-electron chi connectivity index (χ3n) is 3.45. The van der Waals surface area contributed by atoms with Crippen molar-refractivity contribution in [2.45, 2.75) is 6.54 Å². The molecule has 1 amide bonds. The van der Waals surface area contributed by atoms with Crippen molar-refractivity contribution in [1.29, 1.82) is 0 Å². The zero-order valence-corrected chi connectivity index (χ0v) is 13.6. The van der Waals surface area contributed by atoms with Crippen LogP contribution in [0.15, 0.2) is 72.9 Å². The number of nitrogens with one attached hydrogen (secondary N) is 2. The molecule has 1 heterocycles. The maximum atomic E-state index is 12.1. The van der Waals surface area contributed by atoms with Gasteiger partial charge in [-0.1, -0.05) is 41.9 Å². The number of nitrogens with zero attached hydrogens (tertiary/aromatic N) is 1. The Morgan fingerprint density at radius 1 is 0.958 bits per heavy atom. The van der Waals surface area contributed by atoms with Crippen LogP contribution in [0.4, 0.5) is 11.5 Å². The van der Waals surface area contributed by atoms with Gasteiger partial charge >= 0.3 is 0 Å². The zero-order valence-electron chi connectivity index (χ0n) is 12.9. The summed E-state index contributed by atoms with van der Waals surface area (Å²) in [6.07, 6.45) is 1.69. The third-order valence-corrected chi connectivity index (χ3v) is 3.70. The van der Waals surface area contributed by atoms with Crippen molar-refractivity contribution in [1.82, 2.24) is 4.98 Å². The Labute approximate surface area is 145 Å².